The Morgan fingerprint density at radius 3 is 2.58 bits per heavy atom. The molecule has 1 saturated carbocycles. The molecule has 1 N–H and O–H groups in total. The van der Waals surface area contributed by atoms with Gasteiger partial charge in [0, 0.05) is 17.6 Å². The average molecular weight is 491 g/mol. The summed E-state index contributed by atoms with van der Waals surface area (Å²) in [5.41, 5.74) is 0.858. The Kier molecular flexibility index (Phi) is 6.36. The van der Waals surface area contributed by atoms with Gasteiger partial charge in [-0.1, -0.05) is 25.8 Å². The molecule has 0 bridgehead atoms. The minimum atomic E-state index is -1.13. The normalized spacial score (nSPS) is 23.9. The largest absolute Gasteiger partial charge is 0.496 e. The van der Waals surface area contributed by atoms with E-state index in [1.165, 1.54) is 6.42 Å². The Bertz CT molecular complexity index is 1290. The van der Waals surface area contributed by atoms with Gasteiger partial charge in [-0.3, -0.25) is 14.6 Å². The number of rotatable bonds is 6. The predicted octanol–water partition coefficient (Wildman–Crippen LogP) is 4.16. The molecule has 2 amide bonds. The van der Waals surface area contributed by atoms with Gasteiger partial charge in [0.1, 0.15) is 22.7 Å². The number of aromatic nitrogens is 2. The number of hydrogen-bond donors (Lipinski definition) is 1. The molecule has 8 heteroatoms. The van der Waals surface area contributed by atoms with Crippen molar-refractivity contribution >= 4 is 22.7 Å². The van der Waals surface area contributed by atoms with Gasteiger partial charge < -0.3 is 24.3 Å². The number of ether oxygens (including phenoxy) is 2. The van der Waals surface area contributed by atoms with E-state index in [4.69, 9.17) is 9.47 Å². The number of carbonyl (C=O) groups excluding carboxylic acids is 2. The standard InChI is InChI=1S/C28H34N4O4/c1-18-9-5-6-11-21(18)30-27(34)28(2)17-31-22(26(33)32(28)16-19-10-7-8-14-29-19)15-20-23(35-3)12-13-24(36-4)25(20)31/h7-8,10,12-15,18,21H,5-6,9,11,16-17H2,1-4H3,(H,30,34). The second-order valence-corrected chi connectivity index (χ2v) is 10.2. The molecule has 1 aromatic carbocycles. The molecule has 2 aromatic heterocycles. The van der Waals surface area contributed by atoms with E-state index >= 15 is 0 Å². The molecule has 2 aliphatic rings. The maximum absolute atomic E-state index is 14.1. The first-order valence-electron chi connectivity index (χ1n) is 12.6. The lowest BCUT2D eigenvalue weighted by Crippen LogP contribution is -2.65. The Balaban J connectivity index is 1.62. The van der Waals surface area contributed by atoms with Crippen LogP contribution in [0.25, 0.3) is 10.9 Å². The number of methoxy groups -OCH3 is 2. The van der Waals surface area contributed by atoms with Gasteiger partial charge in [0.2, 0.25) is 5.91 Å². The molecule has 1 aliphatic heterocycles. The van der Waals surface area contributed by atoms with Crippen LogP contribution in [-0.4, -0.2) is 52.1 Å². The van der Waals surface area contributed by atoms with Crippen LogP contribution in [-0.2, 0) is 17.9 Å². The van der Waals surface area contributed by atoms with E-state index in [-0.39, 0.29) is 24.4 Å². The van der Waals surface area contributed by atoms with Crippen molar-refractivity contribution in [1.82, 2.24) is 19.8 Å². The summed E-state index contributed by atoms with van der Waals surface area (Å²) >= 11 is 0. The SMILES string of the molecule is COc1ccc(OC)c2c1cc1n2CC(C)(C(=O)NC2CCCCC2C)N(Cc2ccccn2)C1=O. The summed E-state index contributed by atoms with van der Waals surface area (Å²) in [5.74, 6) is 1.33. The number of carbonyl (C=O) groups is 2. The van der Waals surface area contributed by atoms with E-state index in [0.29, 0.717) is 29.7 Å². The predicted molar refractivity (Wildman–Crippen MR) is 137 cm³/mol. The van der Waals surface area contributed by atoms with Gasteiger partial charge in [-0.05, 0) is 56.0 Å². The van der Waals surface area contributed by atoms with Crippen LogP contribution in [0.4, 0.5) is 0 Å². The molecule has 3 unspecified atom stereocenters. The van der Waals surface area contributed by atoms with Gasteiger partial charge in [0.15, 0.2) is 0 Å². The van der Waals surface area contributed by atoms with E-state index in [2.05, 4.69) is 17.2 Å². The summed E-state index contributed by atoms with van der Waals surface area (Å²) in [5, 5.41) is 4.10. The highest BCUT2D eigenvalue weighted by Gasteiger charge is 2.49. The van der Waals surface area contributed by atoms with Crippen molar-refractivity contribution in [1.29, 1.82) is 0 Å². The Morgan fingerprint density at radius 1 is 1.14 bits per heavy atom. The van der Waals surface area contributed by atoms with Crippen LogP contribution in [0.15, 0.2) is 42.6 Å². The van der Waals surface area contributed by atoms with E-state index in [9.17, 15) is 9.59 Å². The first-order valence-corrected chi connectivity index (χ1v) is 12.6. The second kappa shape index (κ2) is 9.48. The summed E-state index contributed by atoms with van der Waals surface area (Å²) in [6.45, 7) is 4.58. The van der Waals surface area contributed by atoms with Crippen LogP contribution >= 0.6 is 0 Å². The van der Waals surface area contributed by atoms with Crippen molar-refractivity contribution in [3.8, 4) is 11.5 Å². The van der Waals surface area contributed by atoms with Gasteiger partial charge in [0.25, 0.3) is 5.91 Å². The summed E-state index contributed by atoms with van der Waals surface area (Å²) in [6.07, 6.45) is 6.06. The summed E-state index contributed by atoms with van der Waals surface area (Å²) in [6, 6.07) is 11.2. The Labute approximate surface area is 211 Å². The number of amides is 2. The molecule has 3 atom stereocenters. The number of fused-ring (bicyclic) bond motifs is 3. The Hall–Kier alpha value is -3.55. The lowest BCUT2D eigenvalue weighted by Gasteiger charge is -2.45. The van der Waals surface area contributed by atoms with Crippen LogP contribution in [0.2, 0.25) is 0 Å². The molecule has 8 nitrogen and oxygen atoms in total. The van der Waals surface area contributed by atoms with Crippen LogP contribution in [0.3, 0.4) is 0 Å². The second-order valence-electron chi connectivity index (χ2n) is 10.2. The molecule has 190 valence electrons. The number of nitrogens with zero attached hydrogens (tertiary/aromatic N) is 3. The first kappa shape index (κ1) is 24.2. The van der Waals surface area contributed by atoms with Crippen LogP contribution in [0, 0.1) is 5.92 Å². The molecule has 3 heterocycles. The van der Waals surface area contributed by atoms with Gasteiger partial charge in [-0.15, -0.1) is 0 Å². The molecule has 0 saturated heterocycles. The molecular formula is C28H34N4O4. The summed E-state index contributed by atoms with van der Waals surface area (Å²) < 4.78 is 13.2. The molecule has 1 fully saturated rings. The van der Waals surface area contributed by atoms with Crippen molar-refractivity contribution in [2.75, 3.05) is 14.2 Å². The van der Waals surface area contributed by atoms with E-state index < -0.39 is 5.54 Å². The van der Waals surface area contributed by atoms with Gasteiger partial charge in [-0.25, -0.2) is 0 Å². The average Bonchev–Trinajstić information content (AvgIpc) is 3.27. The smallest absolute Gasteiger partial charge is 0.271 e. The molecule has 36 heavy (non-hydrogen) atoms. The number of nitrogens with one attached hydrogen (secondary N) is 1. The van der Waals surface area contributed by atoms with Crippen molar-refractivity contribution < 1.29 is 19.1 Å². The monoisotopic (exact) mass is 490 g/mol. The number of benzene rings is 1. The highest BCUT2D eigenvalue weighted by molar-refractivity contribution is 6.05. The first-order chi connectivity index (χ1) is 17.4. The van der Waals surface area contributed by atoms with Crippen molar-refractivity contribution in [3.05, 3.63) is 54.0 Å². The van der Waals surface area contributed by atoms with Gasteiger partial charge in [0.05, 0.1) is 38.5 Å². The highest BCUT2D eigenvalue weighted by atomic mass is 16.5. The fraction of sp³-hybridized carbons (Fsp3) is 0.464. The van der Waals surface area contributed by atoms with Crippen LogP contribution in [0.5, 0.6) is 11.5 Å². The van der Waals surface area contributed by atoms with Crippen molar-refractivity contribution in [2.24, 2.45) is 5.92 Å². The topological polar surface area (TPSA) is 85.7 Å². The summed E-state index contributed by atoms with van der Waals surface area (Å²) in [7, 11) is 3.21. The van der Waals surface area contributed by atoms with Gasteiger partial charge >= 0.3 is 0 Å². The molecule has 0 radical (unpaired) electrons. The third-order valence-electron chi connectivity index (χ3n) is 7.91. The fourth-order valence-electron chi connectivity index (χ4n) is 5.71. The fourth-order valence-corrected chi connectivity index (χ4v) is 5.71. The zero-order valence-corrected chi connectivity index (χ0v) is 21.4. The lowest BCUT2D eigenvalue weighted by atomic mass is 9.85. The van der Waals surface area contributed by atoms with Gasteiger partial charge in [-0.2, -0.15) is 0 Å². The third kappa shape index (κ3) is 3.98. The minimum Gasteiger partial charge on any atom is -0.496 e. The highest BCUT2D eigenvalue weighted by Crippen LogP contribution is 2.40. The Morgan fingerprint density at radius 2 is 1.89 bits per heavy atom. The van der Waals surface area contributed by atoms with Crippen LogP contribution < -0.4 is 14.8 Å². The zero-order valence-electron chi connectivity index (χ0n) is 21.4. The molecular weight excluding hydrogens is 456 g/mol. The maximum atomic E-state index is 14.1. The number of hydrogen-bond acceptors (Lipinski definition) is 5. The minimum absolute atomic E-state index is 0.104. The molecule has 1 aliphatic carbocycles. The summed E-state index contributed by atoms with van der Waals surface area (Å²) in [4.78, 5) is 34.2. The maximum Gasteiger partial charge on any atom is 0.271 e. The molecule has 0 spiro atoms. The van der Waals surface area contributed by atoms with Crippen LogP contribution in [0.1, 0.15) is 55.7 Å². The van der Waals surface area contributed by atoms with E-state index in [0.717, 1.165) is 35.9 Å². The number of pyridine rings is 1. The van der Waals surface area contributed by atoms with E-state index in [1.807, 2.05) is 47.9 Å². The van der Waals surface area contributed by atoms with Crippen molar-refractivity contribution in [2.45, 2.75) is 64.2 Å². The lowest BCUT2D eigenvalue weighted by molar-refractivity contribution is -0.134. The van der Waals surface area contributed by atoms with E-state index in [1.54, 1.807) is 25.3 Å². The molecule has 5 rings (SSSR count). The molecule has 3 aromatic rings. The quantitative estimate of drug-likeness (QED) is 0.561. The van der Waals surface area contributed by atoms with Crippen molar-refractivity contribution in [3.63, 3.8) is 0 Å². The third-order valence-corrected chi connectivity index (χ3v) is 7.91. The zero-order chi connectivity index (χ0) is 25.4.